The first kappa shape index (κ1) is 16.5. The van der Waals surface area contributed by atoms with E-state index in [1.807, 2.05) is 12.1 Å². The topological polar surface area (TPSA) is 47.6 Å². The fraction of sp³-hybridized carbons (Fsp3) is 0.188. The maximum atomic E-state index is 12.1. The number of amides is 1. The summed E-state index contributed by atoms with van der Waals surface area (Å²) in [4.78, 5) is 13.0. The normalized spacial score (nSPS) is 10.1. The molecule has 0 fully saturated rings. The number of anilines is 1. The number of carbonyl (C=O) groups is 1. The van der Waals surface area contributed by atoms with Crippen LogP contribution in [0.15, 0.2) is 47.4 Å². The van der Waals surface area contributed by atoms with Gasteiger partial charge in [0.15, 0.2) is 0 Å². The molecule has 0 radical (unpaired) electrons. The Kier molecular flexibility index (Phi) is 5.98. The first-order chi connectivity index (χ1) is 10.6. The van der Waals surface area contributed by atoms with Crippen LogP contribution in [0.25, 0.3) is 0 Å². The van der Waals surface area contributed by atoms with Gasteiger partial charge in [0.2, 0.25) is 5.91 Å². The molecule has 0 bridgehead atoms. The third-order valence-electron chi connectivity index (χ3n) is 2.86. The third kappa shape index (κ3) is 4.58. The van der Waals surface area contributed by atoms with Crippen LogP contribution in [0.1, 0.15) is 0 Å². The second kappa shape index (κ2) is 7.96. The maximum Gasteiger partial charge on any atom is 0.234 e. The number of hydrogen-bond acceptors (Lipinski definition) is 4. The molecule has 0 atom stereocenters. The summed E-state index contributed by atoms with van der Waals surface area (Å²) in [5, 5.41) is 3.50. The van der Waals surface area contributed by atoms with Gasteiger partial charge in [0, 0.05) is 16.0 Å². The summed E-state index contributed by atoms with van der Waals surface area (Å²) >= 11 is 7.27. The molecule has 1 amide bonds. The van der Waals surface area contributed by atoms with Crippen molar-refractivity contribution >= 4 is 35.0 Å². The van der Waals surface area contributed by atoms with Crippen molar-refractivity contribution in [1.82, 2.24) is 0 Å². The molecule has 2 aromatic carbocycles. The van der Waals surface area contributed by atoms with Gasteiger partial charge in [-0.2, -0.15) is 0 Å². The Morgan fingerprint density at radius 2 is 1.86 bits per heavy atom. The zero-order valence-electron chi connectivity index (χ0n) is 12.3. The van der Waals surface area contributed by atoms with E-state index in [0.717, 1.165) is 4.90 Å². The molecule has 0 aliphatic carbocycles. The van der Waals surface area contributed by atoms with Crippen molar-refractivity contribution in [1.29, 1.82) is 0 Å². The summed E-state index contributed by atoms with van der Waals surface area (Å²) < 4.78 is 10.4. The van der Waals surface area contributed by atoms with E-state index in [1.165, 1.54) is 11.8 Å². The van der Waals surface area contributed by atoms with Gasteiger partial charge in [-0.05, 0) is 36.4 Å². The van der Waals surface area contributed by atoms with Crippen molar-refractivity contribution in [3.8, 4) is 11.5 Å². The number of hydrogen-bond donors (Lipinski definition) is 1. The maximum absolute atomic E-state index is 12.1. The van der Waals surface area contributed by atoms with Gasteiger partial charge < -0.3 is 14.8 Å². The zero-order chi connectivity index (χ0) is 15.9. The van der Waals surface area contributed by atoms with Gasteiger partial charge in [-0.25, -0.2) is 0 Å². The highest BCUT2D eigenvalue weighted by Crippen LogP contribution is 2.29. The van der Waals surface area contributed by atoms with Crippen molar-refractivity contribution in [2.75, 3.05) is 25.3 Å². The molecule has 0 aliphatic heterocycles. The summed E-state index contributed by atoms with van der Waals surface area (Å²) in [6.45, 7) is 0. The highest BCUT2D eigenvalue weighted by molar-refractivity contribution is 8.00. The second-order valence-corrected chi connectivity index (χ2v) is 5.84. The number of ether oxygens (including phenoxy) is 2. The van der Waals surface area contributed by atoms with Gasteiger partial charge in [-0.1, -0.05) is 11.6 Å². The zero-order valence-corrected chi connectivity index (χ0v) is 13.8. The van der Waals surface area contributed by atoms with Crippen LogP contribution in [-0.2, 0) is 4.79 Å². The van der Waals surface area contributed by atoms with Crippen LogP contribution < -0.4 is 14.8 Å². The molecule has 0 unspecified atom stereocenters. The van der Waals surface area contributed by atoms with E-state index in [9.17, 15) is 4.79 Å². The average molecular weight is 338 g/mol. The predicted octanol–water partition coefficient (Wildman–Crippen LogP) is 4.09. The smallest absolute Gasteiger partial charge is 0.234 e. The van der Waals surface area contributed by atoms with Crippen LogP contribution in [0.3, 0.4) is 0 Å². The Labute approximate surface area is 138 Å². The fourth-order valence-electron chi connectivity index (χ4n) is 1.78. The Morgan fingerprint density at radius 3 is 2.50 bits per heavy atom. The van der Waals surface area contributed by atoms with E-state index >= 15 is 0 Å². The van der Waals surface area contributed by atoms with Crippen molar-refractivity contribution in [2.45, 2.75) is 4.90 Å². The number of nitrogens with one attached hydrogen (secondary N) is 1. The lowest BCUT2D eigenvalue weighted by Crippen LogP contribution is -2.14. The van der Waals surface area contributed by atoms with Gasteiger partial charge >= 0.3 is 0 Å². The molecule has 0 spiro atoms. The van der Waals surface area contributed by atoms with Crippen LogP contribution in [0.2, 0.25) is 5.02 Å². The summed E-state index contributed by atoms with van der Waals surface area (Å²) in [5.41, 5.74) is 0.587. The third-order valence-corrected chi connectivity index (χ3v) is 4.13. The molecule has 0 heterocycles. The summed E-state index contributed by atoms with van der Waals surface area (Å²) in [6, 6.07) is 12.6. The number of benzene rings is 2. The highest BCUT2D eigenvalue weighted by atomic mass is 35.5. The van der Waals surface area contributed by atoms with Crippen LogP contribution in [0.4, 0.5) is 5.69 Å². The van der Waals surface area contributed by atoms with Crippen molar-refractivity contribution in [3.05, 3.63) is 47.5 Å². The SMILES string of the molecule is COc1ccc(OC)c(NC(=O)CSc2ccc(Cl)cc2)c1. The van der Waals surface area contributed by atoms with Gasteiger partial charge in [-0.15, -0.1) is 11.8 Å². The van der Waals surface area contributed by atoms with E-state index in [4.69, 9.17) is 21.1 Å². The lowest BCUT2D eigenvalue weighted by molar-refractivity contribution is -0.113. The van der Waals surface area contributed by atoms with Gasteiger partial charge in [0.25, 0.3) is 0 Å². The van der Waals surface area contributed by atoms with Crippen molar-refractivity contribution < 1.29 is 14.3 Å². The first-order valence-corrected chi connectivity index (χ1v) is 7.89. The minimum Gasteiger partial charge on any atom is -0.497 e. The molecule has 22 heavy (non-hydrogen) atoms. The Bertz CT molecular complexity index is 646. The Hall–Kier alpha value is -1.85. The minimum atomic E-state index is -0.119. The van der Waals surface area contributed by atoms with Gasteiger partial charge in [0.05, 0.1) is 25.7 Å². The molecule has 1 N–H and O–H groups in total. The van der Waals surface area contributed by atoms with E-state index in [-0.39, 0.29) is 5.91 Å². The molecule has 6 heteroatoms. The van der Waals surface area contributed by atoms with Crippen LogP contribution in [0, 0.1) is 0 Å². The Morgan fingerprint density at radius 1 is 1.14 bits per heavy atom. The largest absolute Gasteiger partial charge is 0.497 e. The first-order valence-electron chi connectivity index (χ1n) is 6.52. The summed E-state index contributed by atoms with van der Waals surface area (Å²) in [5.74, 6) is 1.42. The van der Waals surface area contributed by atoms with Gasteiger partial charge in [0.1, 0.15) is 11.5 Å². The Balaban J connectivity index is 1.98. The molecule has 116 valence electrons. The lowest BCUT2D eigenvalue weighted by Gasteiger charge is -2.11. The highest BCUT2D eigenvalue weighted by Gasteiger charge is 2.09. The number of thioether (sulfide) groups is 1. The summed E-state index contributed by atoms with van der Waals surface area (Å²) in [6.07, 6.45) is 0. The standard InChI is InChI=1S/C16H16ClNO3S/c1-20-12-5-8-15(21-2)14(9-12)18-16(19)10-22-13-6-3-11(17)4-7-13/h3-9H,10H2,1-2H3,(H,18,19). The molecule has 2 aromatic rings. The number of halogens is 1. The number of methoxy groups -OCH3 is 2. The molecule has 0 saturated heterocycles. The van der Waals surface area contributed by atoms with Crippen LogP contribution in [-0.4, -0.2) is 25.9 Å². The molecular weight excluding hydrogens is 322 g/mol. The van der Waals surface area contributed by atoms with Crippen LogP contribution in [0.5, 0.6) is 11.5 Å². The average Bonchev–Trinajstić information content (AvgIpc) is 2.54. The van der Waals surface area contributed by atoms with Crippen molar-refractivity contribution in [2.24, 2.45) is 0 Å². The molecule has 0 aromatic heterocycles. The monoisotopic (exact) mass is 337 g/mol. The molecule has 2 rings (SSSR count). The van der Waals surface area contributed by atoms with Crippen LogP contribution >= 0.6 is 23.4 Å². The van der Waals surface area contributed by atoms with E-state index in [1.54, 1.807) is 44.6 Å². The second-order valence-electron chi connectivity index (χ2n) is 4.36. The summed E-state index contributed by atoms with van der Waals surface area (Å²) in [7, 11) is 3.13. The molecular formula is C16H16ClNO3S. The van der Waals surface area contributed by atoms with Gasteiger partial charge in [-0.3, -0.25) is 4.79 Å². The number of carbonyl (C=O) groups excluding carboxylic acids is 1. The van der Waals surface area contributed by atoms with Crippen molar-refractivity contribution in [3.63, 3.8) is 0 Å². The molecule has 0 saturated carbocycles. The van der Waals surface area contributed by atoms with E-state index in [0.29, 0.717) is 28.0 Å². The van der Waals surface area contributed by atoms with E-state index in [2.05, 4.69) is 5.32 Å². The predicted molar refractivity (Wildman–Crippen MR) is 90.4 cm³/mol. The fourth-order valence-corrected chi connectivity index (χ4v) is 2.60. The molecule has 4 nitrogen and oxygen atoms in total. The minimum absolute atomic E-state index is 0.119. The quantitative estimate of drug-likeness (QED) is 0.806. The van der Waals surface area contributed by atoms with E-state index < -0.39 is 0 Å². The number of rotatable bonds is 6. The lowest BCUT2D eigenvalue weighted by atomic mass is 10.2. The molecule has 0 aliphatic rings.